The summed E-state index contributed by atoms with van der Waals surface area (Å²) in [5.41, 5.74) is 0.719. The summed E-state index contributed by atoms with van der Waals surface area (Å²) in [6, 6.07) is 1.39. The maximum atomic E-state index is 5.47. The van der Waals surface area contributed by atoms with Crippen LogP contribution in [0.4, 0.5) is 0 Å². The molecule has 0 radical (unpaired) electrons. The number of ether oxygens (including phenoxy) is 1. The molecule has 3 fully saturated rings. The van der Waals surface area contributed by atoms with Crippen molar-refractivity contribution in [3.8, 4) is 0 Å². The molecule has 1 unspecified atom stereocenters. The minimum Gasteiger partial charge on any atom is -0.383 e. The van der Waals surface area contributed by atoms with Gasteiger partial charge in [0.2, 0.25) is 0 Å². The standard InChI is InChI=1S/C17H32N2O/c1-20-14-16(13-18-15-5-6-15)19-11-9-17(10-12-19)7-3-2-4-8-17/h15-16,18H,2-14H2,1H3. The molecule has 2 saturated carbocycles. The van der Waals surface area contributed by atoms with E-state index >= 15 is 0 Å². The van der Waals surface area contributed by atoms with E-state index in [0.29, 0.717) is 6.04 Å². The van der Waals surface area contributed by atoms with E-state index < -0.39 is 0 Å². The third-order valence-corrected chi connectivity index (χ3v) is 5.87. The van der Waals surface area contributed by atoms with E-state index in [-0.39, 0.29) is 0 Å². The van der Waals surface area contributed by atoms with Crippen LogP contribution in [-0.2, 0) is 4.74 Å². The molecule has 1 heterocycles. The van der Waals surface area contributed by atoms with Crippen molar-refractivity contribution in [2.75, 3.05) is 33.4 Å². The average molecular weight is 280 g/mol. The van der Waals surface area contributed by atoms with Crippen LogP contribution in [0, 0.1) is 5.41 Å². The number of methoxy groups -OCH3 is 1. The van der Waals surface area contributed by atoms with E-state index in [1.165, 1.54) is 70.9 Å². The Balaban J connectivity index is 1.48. The summed E-state index contributed by atoms with van der Waals surface area (Å²) < 4.78 is 5.47. The highest BCUT2D eigenvalue weighted by Crippen LogP contribution is 2.44. The van der Waals surface area contributed by atoms with Crippen LogP contribution >= 0.6 is 0 Å². The maximum absolute atomic E-state index is 5.47. The average Bonchev–Trinajstić information content (AvgIpc) is 3.30. The molecule has 1 atom stereocenters. The number of piperidine rings is 1. The zero-order valence-electron chi connectivity index (χ0n) is 13.2. The van der Waals surface area contributed by atoms with Gasteiger partial charge in [0.25, 0.3) is 0 Å². The number of rotatable bonds is 6. The third kappa shape index (κ3) is 3.75. The second-order valence-electron chi connectivity index (χ2n) is 7.39. The Hall–Kier alpha value is -0.120. The van der Waals surface area contributed by atoms with Crippen LogP contribution in [-0.4, -0.2) is 50.3 Å². The van der Waals surface area contributed by atoms with Crippen molar-refractivity contribution < 1.29 is 4.74 Å². The smallest absolute Gasteiger partial charge is 0.0630 e. The fraction of sp³-hybridized carbons (Fsp3) is 1.00. The van der Waals surface area contributed by atoms with Gasteiger partial charge < -0.3 is 10.1 Å². The second kappa shape index (κ2) is 6.76. The zero-order chi connectivity index (χ0) is 13.8. The SMILES string of the molecule is COCC(CNC1CC1)N1CCC2(CCCCC2)CC1. The highest BCUT2D eigenvalue weighted by molar-refractivity contribution is 4.91. The first-order chi connectivity index (χ1) is 9.81. The molecule has 2 aliphatic carbocycles. The molecule has 3 aliphatic rings. The number of nitrogens with one attached hydrogen (secondary N) is 1. The normalized spacial score (nSPS) is 28.6. The molecule has 1 spiro atoms. The fourth-order valence-electron chi connectivity index (χ4n) is 4.24. The third-order valence-electron chi connectivity index (χ3n) is 5.87. The van der Waals surface area contributed by atoms with Crippen molar-refractivity contribution >= 4 is 0 Å². The molecule has 116 valence electrons. The van der Waals surface area contributed by atoms with Crippen molar-refractivity contribution in [3.05, 3.63) is 0 Å². The van der Waals surface area contributed by atoms with Gasteiger partial charge in [-0.15, -0.1) is 0 Å². The van der Waals surface area contributed by atoms with Gasteiger partial charge in [-0.2, -0.15) is 0 Å². The van der Waals surface area contributed by atoms with Gasteiger partial charge in [-0.3, -0.25) is 4.90 Å². The van der Waals surface area contributed by atoms with Gasteiger partial charge in [-0.25, -0.2) is 0 Å². The number of hydrogen-bond acceptors (Lipinski definition) is 3. The molecule has 20 heavy (non-hydrogen) atoms. The molecular formula is C17H32N2O. The van der Waals surface area contributed by atoms with Crippen LogP contribution in [0.1, 0.15) is 57.8 Å². The summed E-state index contributed by atoms with van der Waals surface area (Å²) in [5, 5.41) is 3.69. The molecule has 3 nitrogen and oxygen atoms in total. The largest absolute Gasteiger partial charge is 0.383 e. The summed E-state index contributed by atoms with van der Waals surface area (Å²) in [7, 11) is 1.84. The number of likely N-dealkylation sites (tertiary alicyclic amines) is 1. The molecule has 1 saturated heterocycles. The summed E-state index contributed by atoms with van der Waals surface area (Å²) in [5.74, 6) is 0. The van der Waals surface area contributed by atoms with Crippen LogP contribution in [0.2, 0.25) is 0 Å². The molecule has 0 aromatic carbocycles. The Morgan fingerprint density at radius 1 is 1.10 bits per heavy atom. The minimum atomic E-state index is 0.585. The van der Waals surface area contributed by atoms with E-state index in [4.69, 9.17) is 4.74 Å². The van der Waals surface area contributed by atoms with Crippen molar-refractivity contribution in [2.24, 2.45) is 5.41 Å². The summed E-state index contributed by atoms with van der Waals surface area (Å²) in [6.45, 7) is 4.58. The van der Waals surface area contributed by atoms with Crippen molar-refractivity contribution in [3.63, 3.8) is 0 Å². The van der Waals surface area contributed by atoms with Crippen LogP contribution < -0.4 is 5.32 Å². The van der Waals surface area contributed by atoms with Gasteiger partial charge in [-0.1, -0.05) is 19.3 Å². The highest BCUT2D eigenvalue weighted by atomic mass is 16.5. The topological polar surface area (TPSA) is 24.5 Å². The fourth-order valence-corrected chi connectivity index (χ4v) is 4.24. The van der Waals surface area contributed by atoms with E-state index in [9.17, 15) is 0 Å². The Morgan fingerprint density at radius 2 is 1.80 bits per heavy atom. The van der Waals surface area contributed by atoms with E-state index in [0.717, 1.165) is 24.6 Å². The lowest BCUT2D eigenvalue weighted by molar-refractivity contribution is 0.0194. The lowest BCUT2D eigenvalue weighted by Crippen LogP contribution is -2.51. The van der Waals surface area contributed by atoms with Crippen LogP contribution in [0.5, 0.6) is 0 Å². The Bertz CT molecular complexity index is 287. The van der Waals surface area contributed by atoms with Crippen LogP contribution in [0.25, 0.3) is 0 Å². The first-order valence-electron chi connectivity index (χ1n) is 8.78. The second-order valence-corrected chi connectivity index (χ2v) is 7.39. The summed E-state index contributed by atoms with van der Waals surface area (Å²) in [4.78, 5) is 2.69. The van der Waals surface area contributed by atoms with Gasteiger partial charge >= 0.3 is 0 Å². The molecule has 0 amide bonds. The van der Waals surface area contributed by atoms with Crippen molar-refractivity contribution in [1.82, 2.24) is 10.2 Å². The lowest BCUT2D eigenvalue weighted by Gasteiger charge is -2.46. The molecule has 3 rings (SSSR count). The number of hydrogen-bond donors (Lipinski definition) is 1. The minimum absolute atomic E-state index is 0.585. The maximum Gasteiger partial charge on any atom is 0.0630 e. The lowest BCUT2D eigenvalue weighted by atomic mass is 9.68. The van der Waals surface area contributed by atoms with Crippen molar-refractivity contribution in [2.45, 2.75) is 69.9 Å². The monoisotopic (exact) mass is 280 g/mol. The highest BCUT2D eigenvalue weighted by Gasteiger charge is 2.37. The van der Waals surface area contributed by atoms with Gasteiger partial charge in [0.15, 0.2) is 0 Å². The van der Waals surface area contributed by atoms with E-state index in [1.54, 1.807) is 0 Å². The molecule has 1 N–H and O–H groups in total. The van der Waals surface area contributed by atoms with Crippen molar-refractivity contribution in [1.29, 1.82) is 0 Å². The Kier molecular flexibility index (Phi) is 5.00. The molecule has 0 aromatic rings. The molecule has 1 aliphatic heterocycles. The molecule has 3 heteroatoms. The summed E-state index contributed by atoms with van der Waals surface area (Å²) in [6.07, 6.45) is 13.0. The van der Waals surface area contributed by atoms with Gasteiger partial charge in [-0.05, 0) is 57.0 Å². The van der Waals surface area contributed by atoms with Gasteiger partial charge in [0.05, 0.1) is 6.61 Å². The van der Waals surface area contributed by atoms with Crippen LogP contribution in [0.15, 0.2) is 0 Å². The van der Waals surface area contributed by atoms with Gasteiger partial charge in [0.1, 0.15) is 0 Å². The molecular weight excluding hydrogens is 248 g/mol. The zero-order valence-corrected chi connectivity index (χ0v) is 13.2. The van der Waals surface area contributed by atoms with Crippen LogP contribution in [0.3, 0.4) is 0 Å². The van der Waals surface area contributed by atoms with Gasteiger partial charge in [0, 0.05) is 25.7 Å². The van der Waals surface area contributed by atoms with E-state index in [2.05, 4.69) is 10.2 Å². The first-order valence-corrected chi connectivity index (χ1v) is 8.78. The molecule has 0 bridgehead atoms. The Labute approximate surface area is 124 Å². The predicted molar refractivity (Wildman–Crippen MR) is 83.0 cm³/mol. The quantitative estimate of drug-likeness (QED) is 0.810. The Morgan fingerprint density at radius 3 is 2.40 bits per heavy atom. The molecule has 0 aromatic heterocycles. The number of nitrogens with zero attached hydrogens (tertiary/aromatic N) is 1. The summed E-state index contributed by atoms with van der Waals surface area (Å²) >= 11 is 0. The van der Waals surface area contributed by atoms with E-state index in [1.807, 2.05) is 7.11 Å². The first kappa shape index (κ1) is 14.8. The predicted octanol–water partition coefficient (Wildman–Crippen LogP) is 2.80.